The summed E-state index contributed by atoms with van der Waals surface area (Å²) in [6.07, 6.45) is 0.991. The number of aromatic nitrogens is 3. The molecule has 7 nitrogen and oxygen atoms in total. The van der Waals surface area contributed by atoms with E-state index in [1.165, 1.54) is 7.11 Å². The van der Waals surface area contributed by atoms with Crippen LogP contribution in [-0.4, -0.2) is 28.2 Å². The second-order valence-electron chi connectivity index (χ2n) is 4.61. The minimum atomic E-state index is -0.601. The number of benzene rings is 1. The number of methoxy groups -OCH3 is 1. The number of carbonyl (C=O) groups is 1. The lowest BCUT2D eigenvalue weighted by Gasteiger charge is -2.07. The topological polar surface area (TPSA) is 89.1 Å². The number of amides is 1. The molecular weight excluding hydrogens is 284 g/mol. The van der Waals surface area contributed by atoms with E-state index in [1.54, 1.807) is 12.3 Å². The third-order valence-electron chi connectivity index (χ3n) is 3.04. The Morgan fingerprint density at radius 2 is 2.14 bits per heavy atom. The maximum Gasteiger partial charge on any atom is 0.413 e. The summed E-state index contributed by atoms with van der Waals surface area (Å²) in [7, 11) is 1.28. The van der Waals surface area contributed by atoms with Crippen LogP contribution in [0.1, 0.15) is 5.56 Å². The minimum Gasteiger partial charge on any atom is -0.455 e. The molecule has 0 spiro atoms. The molecular formula is C15H14N4O3. The third-order valence-corrected chi connectivity index (χ3v) is 3.04. The normalized spacial score (nSPS) is 10.5. The van der Waals surface area contributed by atoms with Crippen molar-refractivity contribution in [2.45, 2.75) is 6.92 Å². The maximum absolute atomic E-state index is 11.2. The smallest absolute Gasteiger partial charge is 0.413 e. The second-order valence-corrected chi connectivity index (χ2v) is 4.61. The van der Waals surface area contributed by atoms with Gasteiger partial charge in [0.25, 0.3) is 0 Å². The van der Waals surface area contributed by atoms with Crippen LogP contribution in [0.2, 0.25) is 0 Å². The molecule has 112 valence electrons. The van der Waals surface area contributed by atoms with E-state index < -0.39 is 6.09 Å². The van der Waals surface area contributed by atoms with Gasteiger partial charge >= 0.3 is 6.09 Å². The van der Waals surface area contributed by atoms with E-state index in [9.17, 15) is 4.79 Å². The number of hydrogen-bond donors (Lipinski definition) is 2. The number of ether oxygens (including phenoxy) is 2. The van der Waals surface area contributed by atoms with Crippen molar-refractivity contribution in [3.63, 3.8) is 0 Å². The number of para-hydroxylation sites is 1. The van der Waals surface area contributed by atoms with Crippen molar-refractivity contribution in [3.8, 4) is 11.5 Å². The number of carbonyl (C=O) groups excluding carboxylic acids is 1. The zero-order chi connectivity index (χ0) is 15.5. The van der Waals surface area contributed by atoms with E-state index in [4.69, 9.17) is 4.74 Å². The number of hydrogen-bond acceptors (Lipinski definition) is 5. The molecule has 2 heterocycles. The van der Waals surface area contributed by atoms with Gasteiger partial charge in [-0.1, -0.05) is 18.2 Å². The molecule has 3 aromatic rings. The van der Waals surface area contributed by atoms with Gasteiger partial charge < -0.3 is 14.5 Å². The van der Waals surface area contributed by atoms with Crippen LogP contribution in [-0.2, 0) is 4.74 Å². The predicted octanol–water partition coefficient (Wildman–Crippen LogP) is 3.24. The van der Waals surface area contributed by atoms with Crippen molar-refractivity contribution >= 4 is 23.2 Å². The summed E-state index contributed by atoms with van der Waals surface area (Å²) in [6.45, 7) is 1.97. The van der Waals surface area contributed by atoms with Gasteiger partial charge in [-0.15, -0.1) is 0 Å². The molecule has 0 bridgehead atoms. The van der Waals surface area contributed by atoms with Crippen LogP contribution >= 0.6 is 0 Å². The van der Waals surface area contributed by atoms with Gasteiger partial charge in [-0.2, -0.15) is 0 Å². The molecule has 0 unspecified atom stereocenters. The molecule has 0 fully saturated rings. The van der Waals surface area contributed by atoms with E-state index in [1.807, 2.05) is 31.2 Å². The van der Waals surface area contributed by atoms with Crippen LogP contribution in [0, 0.1) is 6.92 Å². The van der Waals surface area contributed by atoms with Crippen molar-refractivity contribution in [3.05, 3.63) is 42.1 Å². The lowest BCUT2D eigenvalue weighted by atomic mass is 10.2. The lowest BCUT2D eigenvalue weighted by Crippen LogP contribution is -2.11. The molecule has 0 aliphatic carbocycles. The first-order valence-electron chi connectivity index (χ1n) is 6.60. The van der Waals surface area contributed by atoms with E-state index in [0.717, 1.165) is 11.3 Å². The highest BCUT2D eigenvalue weighted by molar-refractivity contribution is 5.85. The number of anilines is 1. The molecule has 1 amide bonds. The molecule has 0 saturated carbocycles. The molecule has 0 atom stereocenters. The Bertz CT molecular complexity index is 829. The summed E-state index contributed by atoms with van der Waals surface area (Å²) in [6, 6.07) is 9.44. The summed E-state index contributed by atoms with van der Waals surface area (Å²) in [5.41, 5.74) is 2.15. The molecule has 0 saturated heterocycles. The van der Waals surface area contributed by atoms with Gasteiger partial charge in [0.05, 0.1) is 13.3 Å². The number of nitrogens with zero attached hydrogens (tertiary/aromatic N) is 2. The minimum absolute atomic E-state index is 0.266. The molecule has 2 N–H and O–H groups in total. The fourth-order valence-corrected chi connectivity index (χ4v) is 1.94. The van der Waals surface area contributed by atoms with Crippen LogP contribution < -0.4 is 10.1 Å². The van der Waals surface area contributed by atoms with E-state index in [2.05, 4.69) is 25.0 Å². The average molecular weight is 298 g/mol. The Morgan fingerprint density at radius 3 is 2.91 bits per heavy atom. The Labute approximate surface area is 126 Å². The monoisotopic (exact) mass is 298 g/mol. The first kappa shape index (κ1) is 13.9. The van der Waals surface area contributed by atoms with Crippen LogP contribution in [0.15, 0.2) is 36.5 Å². The number of rotatable bonds is 3. The van der Waals surface area contributed by atoms with Crippen molar-refractivity contribution in [2.75, 3.05) is 12.4 Å². The summed E-state index contributed by atoms with van der Waals surface area (Å²) in [4.78, 5) is 22.5. The number of nitrogens with one attached hydrogen (secondary N) is 2. The predicted molar refractivity (Wildman–Crippen MR) is 81.2 cm³/mol. The van der Waals surface area contributed by atoms with Gasteiger partial charge in [0.15, 0.2) is 5.65 Å². The fourth-order valence-electron chi connectivity index (χ4n) is 1.94. The standard InChI is InChI=1S/C15H14N4O3/c1-9-5-3-4-6-12(9)22-10-7-11-13(16-8-10)18-14(17-11)19-15(20)21-2/h3-8H,1-2H3,(H2,16,17,18,19,20). The largest absolute Gasteiger partial charge is 0.455 e. The zero-order valence-corrected chi connectivity index (χ0v) is 12.1. The van der Waals surface area contributed by atoms with E-state index >= 15 is 0 Å². The Kier molecular flexibility index (Phi) is 3.61. The molecule has 0 radical (unpaired) electrons. The second kappa shape index (κ2) is 5.72. The number of pyridine rings is 1. The molecule has 1 aromatic carbocycles. The summed E-state index contributed by atoms with van der Waals surface area (Å²) < 4.78 is 10.3. The third kappa shape index (κ3) is 2.83. The molecule has 22 heavy (non-hydrogen) atoms. The molecule has 3 rings (SSSR count). The fraction of sp³-hybridized carbons (Fsp3) is 0.133. The summed E-state index contributed by atoms with van der Waals surface area (Å²) in [5, 5.41) is 2.45. The average Bonchev–Trinajstić information content (AvgIpc) is 2.91. The Morgan fingerprint density at radius 1 is 1.32 bits per heavy atom. The molecule has 7 heteroatoms. The first-order chi connectivity index (χ1) is 10.7. The van der Waals surface area contributed by atoms with Crippen LogP contribution in [0.5, 0.6) is 11.5 Å². The van der Waals surface area contributed by atoms with Gasteiger partial charge in [0.1, 0.15) is 17.0 Å². The van der Waals surface area contributed by atoms with Crippen LogP contribution in [0.25, 0.3) is 11.2 Å². The Balaban J connectivity index is 1.86. The van der Waals surface area contributed by atoms with Gasteiger partial charge in [0.2, 0.25) is 5.95 Å². The highest BCUT2D eigenvalue weighted by atomic mass is 16.5. The summed E-state index contributed by atoms with van der Waals surface area (Å²) >= 11 is 0. The van der Waals surface area contributed by atoms with Crippen LogP contribution in [0.3, 0.4) is 0 Å². The number of fused-ring (bicyclic) bond motifs is 1. The van der Waals surface area contributed by atoms with Gasteiger partial charge in [-0.3, -0.25) is 5.32 Å². The number of imidazole rings is 1. The van der Waals surface area contributed by atoms with Crippen molar-refractivity contribution in [1.29, 1.82) is 0 Å². The van der Waals surface area contributed by atoms with Crippen molar-refractivity contribution < 1.29 is 14.3 Å². The van der Waals surface area contributed by atoms with Crippen molar-refractivity contribution in [1.82, 2.24) is 15.0 Å². The SMILES string of the molecule is COC(=O)Nc1nc2cc(Oc3ccccc3C)cnc2[nH]1. The van der Waals surface area contributed by atoms with E-state index in [-0.39, 0.29) is 5.95 Å². The molecule has 2 aromatic heterocycles. The molecule has 0 aliphatic rings. The highest BCUT2D eigenvalue weighted by Crippen LogP contribution is 2.26. The lowest BCUT2D eigenvalue weighted by molar-refractivity contribution is 0.186. The van der Waals surface area contributed by atoms with Crippen LogP contribution in [0.4, 0.5) is 10.7 Å². The number of aryl methyl sites for hydroxylation is 1. The maximum atomic E-state index is 11.2. The van der Waals surface area contributed by atoms with Gasteiger partial charge in [0, 0.05) is 6.07 Å². The molecule has 0 aliphatic heterocycles. The quantitative estimate of drug-likeness (QED) is 0.774. The zero-order valence-electron chi connectivity index (χ0n) is 12.1. The van der Waals surface area contributed by atoms with Gasteiger partial charge in [-0.05, 0) is 18.6 Å². The first-order valence-corrected chi connectivity index (χ1v) is 6.60. The van der Waals surface area contributed by atoms with Crippen molar-refractivity contribution in [2.24, 2.45) is 0 Å². The Hall–Kier alpha value is -3.09. The highest BCUT2D eigenvalue weighted by Gasteiger charge is 2.09. The number of H-pyrrole nitrogens is 1. The van der Waals surface area contributed by atoms with Gasteiger partial charge in [-0.25, -0.2) is 14.8 Å². The van der Waals surface area contributed by atoms with E-state index in [0.29, 0.717) is 16.9 Å². The number of aromatic amines is 1. The summed E-state index contributed by atoms with van der Waals surface area (Å²) in [5.74, 6) is 1.59.